The van der Waals surface area contributed by atoms with Gasteiger partial charge >= 0.3 is 0 Å². The average Bonchev–Trinajstić information content (AvgIpc) is 3.17. The quantitative estimate of drug-likeness (QED) is 0.204. The van der Waals surface area contributed by atoms with Gasteiger partial charge in [-0.05, 0) is 34.4 Å². The number of amides is 2. The molecule has 2 saturated heterocycles. The molecule has 4 aromatic carbocycles. The maximum atomic E-state index is 13.7. The zero-order valence-corrected chi connectivity index (χ0v) is 27.1. The van der Waals surface area contributed by atoms with Crippen LogP contribution in [0.3, 0.4) is 0 Å². The Morgan fingerprint density at radius 1 is 0.396 bits per heavy atom. The summed E-state index contributed by atoms with van der Waals surface area (Å²) in [4.78, 5) is 40.6. The van der Waals surface area contributed by atoms with E-state index in [0.29, 0.717) is 37.6 Å². The van der Waals surface area contributed by atoms with Crippen LogP contribution in [-0.4, -0.2) is 88.8 Å². The lowest BCUT2D eigenvalue weighted by atomic mass is 9.96. The van der Waals surface area contributed by atoms with Crippen molar-refractivity contribution in [3.8, 4) is 0 Å². The predicted octanol–water partition coefficient (Wildman–Crippen LogP) is 6.18. The van der Waals surface area contributed by atoms with Gasteiger partial charge < -0.3 is 9.80 Å². The topological polar surface area (TPSA) is 60.0 Å². The molecule has 0 unspecified atom stereocenters. The van der Waals surface area contributed by atoms with E-state index < -0.39 is 0 Å². The van der Waals surface area contributed by atoms with E-state index in [-0.39, 0.29) is 23.9 Å². The highest BCUT2D eigenvalue weighted by atomic mass is 16.2. The molecule has 2 aliphatic rings. The van der Waals surface area contributed by atoms with Gasteiger partial charge in [-0.2, -0.15) is 0 Å². The normalized spacial score (nSPS) is 16.0. The molecule has 5 aromatic rings. The Morgan fingerprint density at radius 2 is 0.688 bits per heavy atom. The number of piperazine rings is 2. The molecule has 0 aliphatic carbocycles. The van der Waals surface area contributed by atoms with Crippen LogP contribution in [0.15, 0.2) is 140 Å². The minimum Gasteiger partial charge on any atom is -0.335 e. The summed E-state index contributed by atoms with van der Waals surface area (Å²) in [5, 5.41) is 0. The number of benzene rings is 4. The van der Waals surface area contributed by atoms with Gasteiger partial charge in [0.25, 0.3) is 11.8 Å². The van der Waals surface area contributed by atoms with Crippen LogP contribution in [0.4, 0.5) is 0 Å². The number of pyridine rings is 1. The third-order valence-corrected chi connectivity index (χ3v) is 9.58. The van der Waals surface area contributed by atoms with E-state index in [1.54, 1.807) is 18.2 Å². The molecule has 7 rings (SSSR count). The maximum absolute atomic E-state index is 13.7. The van der Waals surface area contributed by atoms with Crippen LogP contribution in [0.1, 0.15) is 55.3 Å². The highest BCUT2D eigenvalue weighted by molar-refractivity contribution is 5.96. The average molecular weight is 636 g/mol. The Bertz CT molecular complexity index is 1580. The predicted molar refractivity (Wildman–Crippen MR) is 189 cm³/mol. The van der Waals surface area contributed by atoms with Gasteiger partial charge in [0.05, 0.1) is 12.1 Å². The Morgan fingerprint density at radius 3 is 0.979 bits per heavy atom. The molecule has 1 aromatic heterocycles. The first kappa shape index (κ1) is 31.5. The minimum absolute atomic E-state index is 0.125. The van der Waals surface area contributed by atoms with Gasteiger partial charge in [-0.3, -0.25) is 19.4 Å². The summed E-state index contributed by atoms with van der Waals surface area (Å²) >= 11 is 0. The van der Waals surface area contributed by atoms with Crippen molar-refractivity contribution < 1.29 is 9.59 Å². The van der Waals surface area contributed by atoms with Gasteiger partial charge in [-0.1, -0.05) is 127 Å². The number of hydrogen-bond acceptors (Lipinski definition) is 5. The molecule has 2 aliphatic heterocycles. The zero-order valence-electron chi connectivity index (χ0n) is 27.1. The Labute approximate surface area is 283 Å². The van der Waals surface area contributed by atoms with Crippen molar-refractivity contribution in [3.63, 3.8) is 0 Å². The van der Waals surface area contributed by atoms with E-state index in [4.69, 9.17) is 0 Å². The van der Waals surface area contributed by atoms with Crippen LogP contribution in [0.2, 0.25) is 0 Å². The van der Waals surface area contributed by atoms with Crippen molar-refractivity contribution in [2.24, 2.45) is 0 Å². The maximum Gasteiger partial charge on any atom is 0.272 e. The van der Waals surface area contributed by atoms with E-state index in [0.717, 1.165) is 26.2 Å². The molecule has 0 bridgehead atoms. The summed E-state index contributed by atoms with van der Waals surface area (Å²) in [6.07, 6.45) is 0. The first-order valence-electron chi connectivity index (χ1n) is 16.9. The molecule has 7 heteroatoms. The molecule has 48 heavy (non-hydrogen) atoms. The molecule has 242 valence electrons. The van der Waals surface area contributed by atoms with Gasteiger partial charge in [-0.25, -0.2) is 4.98 Å². The van der Waals surface area contributed by atoms with Crippen molar-refractivity contribution >= 4 is 11.8 Å². The molecule has 7 nitrogen and oxygen atoms in total. The second-order valence-electron chi connectivity index (χ2n) is 12.5. The molecule has 3 heterocycles. The third-order valence-electron chi connectivity index (χ3n) is 9.58. The van der Waals surface area contributed by atoms with Crippen LogP contribution in [0.25, 0.3) is 0 Å². The number of hydrogen-bond donors (Lipinski definition) is 0. The molecular formula is C41H41N5O2. The van der Waals surface area contributed by atoms with Crippen LogP contribution in [0, 0.1) is 0 Å². The van der Waals surface area contributed by atoms with Crippen molar-refractivity contribution in [2.45, 2.75) is 12.1 Å². The van der Waals surface area contributed by atoms with Crippen LogP contribution < -0.4 is 0 Å². The summed E-state index contributed by atoms with van der Waals surface area (Å²) in [6.45, 7) is 5.38. The lowest BCUT2D eigenvalue weighted by molar-refractivity contribution is 0.0583. The van der Waals surface area contributed by atoms with Crippen LogP contribution in [-0.2, 0) is 0 Å². The highest BCUT2D eigenvalue weighted by Gasteiger charge is 2.31. The van der Waals surface area contributed by atoms with Gasteiger partial charge in [0, 0.05) is 52.4 Å². The van der Waals surface area contributed by atoms with E-state index in [9.17, 15) is 9.59 Å². The molecule has 0 atom stereocenters. The summed E-state index contributed by atoms with van der Waals surface area (Å²) in [5.74, 6) is -0.252. The highest BCUT2D eigenvalue weighted by Crippen LogP contribution is 2.31. The fraction of sp³-hybridized carbons (Fsp3) is 0.244. The van der Waals surface area contributed by atoms with Crippen molar-refractivity contribution in [3.05, 3.63) is 173 Å². The Hall–Kier alpha value is -5.11. The third kappa shape index (κ3) is 6.93. The number of nitrogens with zero attached hydrogens (tertiary/aromatic N) is 5. The molecule has 2 fully saturated rings. The molecule has 0 spiro atoms. The second-order valence-corrected chi connectivity index (χ2v) is 12.5. The first-order chi connectivity index (χ1) is 23.7. The van der Waals surface area contributed by atoms with Gasteiger partial charge in [-0.15, -0.1) is 0 Å². The van der Waals surface area contributed by atoms with E-state index in [1.165, 1.54) is 22.3 Å². The molecule has 2 amide bonds. The summed E-state index contributed by atoms with van der Waals surface area (Å²) in [7, 11) is 0. The second kappa shape index (κ2) is 14.8. The smallest absolute Gasteiger partial charge is 0.272 e. The molecule has 0 saturated carbocycles. The van der Waals surface area contributed by atoms with Crippen LogP contribution in [0.5, 0.6) is 0 Å². The standard InChI is InChI=1S/C41H41N5O2/c47-40(45-28-24-43(25-29-45)38(32-14-5-1-6-15-32)33-16-7-2-8-17-33)36-22-13-23-37(42-36)41(48)46-30-26-44(27-31-46)39(34-18-9-3-10-19-34)35-20-11-4-12-21-35/h1-23,38-39H,24-31H2. The number of carbonyl (C=O) groups is 2. The lowest BCUT2D eigenvalue weighted by Crippen LogP contribution is -2.50. The van der Waals surface area contributed by atoms with E-state index >= 15 is 0 Å². The molecular weight excluding hydrogens is 594 g/mol. The monoisotopic (exact) mass is 635 g/mol. The largest absolute Gasteiger partial charge is 0.335 e. The first-order valence-corrected chi connectivity index (χ1v) is 16.9. The summed E-state index contributed by atoms with van der Waals surface area (Å²) < 4.78 is 0. The number of carbonyl (C=O) groups excluding carboxylic acids is 2. The zero-order chi connectivity index (χ0) is 32.7. The summed E-state index contributed by atoms with van der Waals surface area (Å²) in [6, 6.07) is 47.7. The fourth-order valence-electron chi connectivity index (χ4n) is 7.13. The van der Waals surface area contributed by atoms with Gasteiger partial charge in [0.15, 0.2) is 0 Å². The van der Waals surface area contributed by atoms with Gasteiger partial charge in [0.2, 0.25) is 0 Å². The van der Waals surface area contributed by atoms with Crippen molar-refractivity contribution in [1.82, 2.24) is 24.6 Å². The van der Waals surface area contributed by atoms with E-state index in [1.807, 2.05) is 34.1 Å². The van der Waals surface area contributed by atoms with Crippen molar-refractivity contribution in [2.75, 3.05) is 52.4 Å². The number of aromatic nitrogens is 1. The minimum atomic E-state index is -0.126. The van der Waals surface area contributed by atoms with Crippen LogP contribution >= 0.6 is 0 Å². The Kier molecular flexibility index (Phi) is 9.68. The SMILES string of the molecule is O=C(c1cccc(C(=O)N2CCN(C(c3ccccc3)c3ccccc3)CC2)n1)N1CCN(C(c2ccccc2)c2ccccc2)CC1. The Balaban J connectivity index is 0.991. The summed E-state index contributed by atoms with van der Waals surface area (Å²) in [5.41, 5.74) is 5.62. The lowest BCUT2D eigenvalue weighted by Gasteiger charge is -2.40. The van der Waals surface area contributed by atoms with Crippen molar-refractivity contribution in [1.29, 1.82) is 0 Å². The van der Waals surface area contributed by atoms with Gasteiger partial charge in [0.1, 0.15) is 11.4 Å². The fourth-order valence-corrected chi connectivity index (χ4v) is 7.13. The van der Waals surface area contributed by atoms with E-state index in [2.05, 4.69) is 112 Å². The number of rotatable bonds is 8. The molecule has 0 radical (unpaired) electrons. The molecule has 0 N–H and O–H groups in total.